The molecule has 0 fully saturated rings. The van der Waals surface area contributed by atoms with Crippen molar-refractivity contribution in [1.82, 2.24) is 5.32 Å². The van der Waals surface area contributed by atoms with Crippen LogP contribution >= 0.6 is 15.9 Å². The van der Waals surface area contributed by atoms with E-state index in [0.29, 0.717) is 6.42 Å². The summed E-state index contributed by atoms with van der Waals surface area (Å²) >= 11 is 3.43. The summed E-state index contributed by atoms with van der Waals surface area (Å²) in [5, 5.41) is 14.9. The summed E-state index contributed by atoms with van der Waals surface area (Å²) in [6, 6.07) is 13.4. The number of carbonyl (C=O) groups excluding carboxylic acids is 1. The van der Waals surface area contributed by atoms with E-state index in [4.69, 9.17) is 0 Å². The van der Waals surface area contributed by atoms with Crippen LogP contribution in [0.5, 0.6) is 0 Å². The van der Waals surface area contributed by atoms with Crippen LogP contribution in [-0.2, 0) is 21.4 Å². The minimum absolute atomic E-state index is 0.126. The number of benzene rings is 2. The third-order valence-electron chi connectivity index (χ3n) is 5.15. The summed E-state index contributed by atoms with van der Waals surface area (Å²) in [5.41, 5.74) is 3.11. The van der Waals surface area contributed by atoms with E-state index < -0.39 is 11.4 Å². The summed E-state index contributed by atoms with van der Waals surface area (Å²) in [5.74, 6) is -1.10. The number of carboxylic acids is 1. The Morgan fingerprint density at radius 2 is 1.81 bits per heavy atom. The predicted octanol–water partition coefficient (Wildman–Crippen LogP) is 3.91. The van der Waals surface area contributed by atoms with Crippen molar-refractivity contribution >= 4 is 27.8 Å². The van der Waals surface area contributed by atoms with Gasteiger partial charge in [0.05, 0.1) is 6.42 Å². The van der Waals surface area contributed by atoms with Crippen LogP contribution in [-0.4, -0.2) is 29.4 Å². The third-order valence-corrected chi connectivity index (χ3v) is 5.71. The van der Waals surface area contributed by atoms with Gasteiger partial charge in [0.15, 0.2) is 0 Å². The van der Waals surface area contributed by atoms with Crippen molar-refractivity contribution in [3.8, 4) is 11.1 Å². The number of aliphatic carboxylic acids is 1. The average Bonchev–Trinajstić information content (AvgIpc) is 2.94. The first-order valence-corrected chi connectivity index (χ1v) is 9.82. The number of halogens is 1. The predicted molar refractivity (Wildman–Crippen MR) is 105 cm³/mol. The Hall–Kier alpha value is -2.14. The van der Waals surface area contributed by atoms with Crippen LogP contribution in [0.15, 0.2) is 42.5 Å². The molecular formula is C21H21BrNO3. The zero-order valence-electron chi connectivity index (χ0n) is 14.7. The monoisotopic (exact) mass is 414 g/mol. The van der Waals surface area contributed by atoms with Crippen molar-refractivity contribution in [3.63, 3.8) is 0 Å². The molecule has 1 radical (unpaired) electrons. The molecule has 3 rings (SSSR count). The van der Waals surface area contributed by atoms with E-state index in [1.54, 1.807) is 0 Å². The molecule has 1 aliphatic carbocycles. The molecule has 1 N–H and O–H groups in total. The van der Waals surface area contributed by atoms with Crippen LogP contribution in [0.2, 0.25) is 0 Å². The fraction of sp³-hybridized carbons (Fsp3) is 0.333. The molecule has 0 heterocycles. The van der Waals surface area contributed by atoms with Gasteiger partial charge in [-0.05, 0) is 40.7 Å². The van der Waals surface area contributed by atoms with E-state index in [2.05, 4.69) is 21.2 Å². The topological polar surface area (TPSA) is 68.5 Å². The van der Waals surface area contributed by atoms with Gasteiger partial charge in [-0.25, -0.2) is 0 Å². The molecule has 1 aliphatic rings. The van der Waals surface area contributed by atoms with Gasteiger partial charge in [-0.3, -0.25) is 14.9 Å². The molecule has 1 amide bonds. The minimum Gasteiger partial charge on any atom is -0.480 e. The molecule has 0 aliphatic heterocycles. The van der Waals surface area contributed by atoms with Gasteiger partial charge in [-0.15, -0.1) is 0 Å². The summed E-state index contributed by atoms with van der Waals surface area (Å²) in [6.07, 6.45) is 2.32. The number of nitrogens with zero attached hydrogens (tertiary/aromatic N) is 1. The number of rotatable bonds is 7. The van der Waals surface area contributed by atoms with E-state index >= 15 is 0 Å². The largest absolute Gasteiger partial charge is 0.480 e. The number of fused-ring (bicyclic) bond motifs is 3. The first-order chi connectivity index (χ1) is 12.6. The summed E-state index contributed by atoms with van der Waals surface area (Å²) in [7, 11) is 1.47. The first-order valence-electron chi connectivity index (χ1n) is 8.70. The van der Waals surface area contributed by atoms with Crippen LogP contribution in [0.25, 0.3) is 11.1 Å². The highest BCUT2D eigenvalue weighted by Gasteiger charge is 2.50. The van der Waals surface area contributed by atoms with Gasteiger partial charge in [0.2, 0.25) is 5.91 Å². The van der Waals surface area contributed by atoms with Crippen molar-refractivity contribution < 1.29 is 14.7 Å². The molecule has 0 bridgehead atoms. The van der Waals surface area contributed by atoms with E-state index in [9.17, 15) is 14.7 Å². The smallest absolute Gasteiger partial charge is 0.318 e. The summed E-state index contributed by atoms with van der Waals surface area (Å²) in [4.78, 5) is 24.6. The number of amides is 1. The number of carbonyl (C=O) groups is 2. The maximum atomic E-state index is 12.6. The maximum Gasteiger partial charge on any atom is 0.318 e. The number of alkyl halides is 1. The Kier molecular flexibility index (Phi) is 5.47. The lowest BCUT2D eigenvalue weighted by atomic mass is 9.72. The average molecular weight is 415 g/mol. The van der Waals surface area contributed by atoms with E-state index in [1.165, 1.54) is 7.05 Å². The Bertz CT molecular complexity index is 849. The van der Waals surface area contributed by atoms with Crippen LogP contribution < -0.4 is 5.32 Å². The molecule has 0 spiro atoms. The molecule has 1 atom stereocenters. The van der Waals surface area contributed by atoms with E-state index in [1.807, 2.05) is 42.5 Å². The molecule has 5 heteroatoms. The normalized spacial score (nSPS) is 17.5. The highest BCUT2D eigenvalue weighted by Crippen LogP contribution is 2.53. The zero-order chi connectivity index (χ0) is 18.7. The van der Waals surface area contributed by atoms with Gasteiger partial charge >= 0.3 is 5.97 Å². The standard InChI is InChI=1S/C21H21BrNO3/c1-23-18(24)13-14-7-6-9-16-15-8-2-3-10-17(15)21(19(14)16,20(25)26)11-4-5-12-22/h2-3,6-10H,4-5,11-13H2,1H3,(H,25,26). The Balaban J connectivity index is 2.24. The lowest BCUT2D eigenvalue weighted by Gasteiger charge is -2.29. The Labute approximate surface area is 161 Å². The highest BCUT2D eigenvalue weighted by atomic mass is 79.9. The van der Waals surface area contributed by atoms with Crippen LogP contribution in [0, 0.1) is 0 Å². The van der Waals surface area contributed by atoms with Crippen molar-refractivity contribution in [2.75, 3.05) is 12.4 Å². The second-order valence-corrected chi connectivity index (χ2v) is 7.33. The minimum atomic E-state index is -1.11. The van der Waals surface area contributed by atoms with Gasteiger partial charge in [-0.1, -0.05) is 64.8 Å². The molecular weight excluding hydrogens is 394 g/mol. The highest BCUT2D eigenvalue weighted by molar-refractivity contribution is 9.09. The second kappa shape index (κ2) is 7.62. The number of carboxylic acid groups (broad SMARTS) is 1. The fourth-order valence-electron chi connectivity index (χ4n) is 4.02. The van der Waals surface area contributed by atoms with E-state index in [0.717, 1.165) is 46.0 Å². The van der Waals surface area contributed by atoms with Crippen LogP contribution in [0.4, 0.5) is 0 Å². The number of likely N-dealkylation sites (N-methyl/N-ethyl adjacent to an activating group) is 1. The summed E-state index contributed by atoms with van der Waals surface area (Å²) in [6.45, 7) is 0. The SMILES string of the molecule is C[N]C(=O)Cc1cccc2c1C(CCCCBr)(C(=O)O)c1ccccc1-2. The third kappa shape index (κ3) is 2.94. The maximum absolute atomic E-state index is 12.6. The molecule has 2 aromatic rings. The van der Waals surface area contributed by atoms with Gasteiger partial charge < -0.3 is 5.11 Å². The molecule has 0 aromatic heterocycles. The van der Waals surface area contributed by atoms with Crippen LogP contribution in [0.3, 0.4) is 0 Å². The number of hydrogen-bond donors (Lipinski definition) is 1. The Morgan fingerprint density at radius 3 is 2.50 bits per heavy atom. The van der Waals surface area contributed by atoms with Crippen molar-refractivity contribution in [1.29, 1.82) is 0 Å². The van der Waals surface area contributed by atoms with Crippen molar-refractivity contribution in [2.45, 2.75) is 31.1 Å². The van der Waals surface area contributed by atoms with Gasteiger partial charge in [-0.2, -0.15) is 0 Å². The van der Waals surface area contributed by atoms with Gasteiger partial charge in [0, 0.05) is 12.4 Å². The molecule has 1 unspecified atom stereocenters. The summed E-state index contributed by atoms with van der Waals surface area (Å²) < 4.78 is 0. The molecule has 0 saturated heterocycles. The lowest BCUT2D eigenvalue weighted by Crippen LogP contribution is -2.36. The van der Waals surface area contributed by atoms with Gasteiger partial charge in [0.25, 0.3) is 0 Å². The number of unbranched alkanes of at least 4 members (excludes halogenated alkanes) is 1. The fourth-order valence-corrected chi connectivity index (χ4v) is 4.41. The molecule has 26 heavy (non-hydrogen) atoms. The van der Waals surface area contributed by atoms with Gasteiger partial charge in [0.1, 0.15) is 5.41 Å². The Morgan fingerprint density at radius 1 is 1.08 bits per heavy atom. The lowest BCUT2D eigenvalue weighted by molar-refractivity contribution is -0.142. The quantitative estimate of drug-likeness (QED) is 0.551. The molecule has 0 saturated carbocycles. The van der Waals surface area contributed by atoms with E-state index in [-0.39, 0.29) is 12.3 Å². The van der Waals surface area contributed by atoms with Crippen molar-refractivity contribution in [2.24, 2.45) is 0 Å². The van der Waals surface area contributed by atoms with Crippen molar-refractivity contribution in [3.05, 3.63) is 59.2 Å². The first kappa shape index (κ1) is 18.6. The molecule has 2 aromatic carbocycles. The zero-order valence-corrected chi connectivity index (χ0v) is 16.3. The number of hydrogen-bond acceptors (Lipinski definition) is 2. The molecule has 135 valence electrons. The second-order valence-electron chi connectivity index (χ2n) is 6.54. The molecule has 4 nitrogen and oxygen atoms in total. The van der Waals surface area contributed by atoms with Crippen LogP contribution in [0.1, 0.15) is 36.0 Å².